The molecule has 0 radical (unpaired) electrons. The Labute approximate surface area is 339 Å². The Bertz CT molecular complexity index is 2080. The molecule has 0 saturated carbocycles. The molecule has 4 aromatic carbocycles. The molecule has 3 aliphatic heterocycles. The van der Waals surface area contributed by atoms with Crippen LogP contribution in [0, 0.1) is 0 Å². The lowest BCUT2D eigenvalue weighted by atomic mass is 9.98. The van der Waals surface area contributed by atoms with Gasteiger partial charge in [-0.2, -0.15) is 0 Å². The van der Waals surface area contributed by atoms with E-state index in [1.165, 1.54) is 4.90 Å². The fourth-order valence-electron chi connectivity index (χ4n) is 7.74. The summed E-state index contributed by atoms with van der Waals surface area (Å²) < 4.78 is 24.4. The van der Waals surface area contributed by atoms with Gasteiger partial charge in [0.15, 0.2) is 6.29 Å². The maximum Gasteiger partial charge on any atom is 0.408 e. The molecule has 12 heteroatoms. The van der Waals surface area contributed by atoms with Crippen molar-refractivity contribution in [1.82, 2.24) is 15.1 Å². The Hall–Kier alpha value is -5.40. The smallest absolute Gasteiger partial charge is 0.408 e. The molecule has 3 saturated heterocycles. The largest absolute Gasteiger partial charge is 0.459 e. The lowest BCUT2D eigenvalue weighted by molar-refractivity contribution is -0.253. The second-order valence-electron chi connectivity index (χ2n) is 16.1. The molecule has 3 heterocycles. The zero-order valence-electron chi connectivity index (χ0n) is 33.2. The quantitative estimate of drug-likeness (QED) is 0.117. The number of ether oxygens (including phenoxy) is 4. The summed E-state index contributed by atoms with van der Waals surface area (Å²) in [5.41, 5.74) is 5.34. The van der Waals surface area contributed by atoms with Gasteiger partial charge in [-0.15, -0.1) is 0 Å². The van der Waals surface area contributed by atoms with Gasteiger partial charge in [-0.1, -0.05) is 91.0 Å². The number of hydrogen-bond acceptors (Lipinski definition) is 10. The number of nitrogens with zero attached hydrogens (tertiary/aromatic N) is 2. The van der Waals surface area contributed by atoms with E-state index in [1.807, 2.05) is 124 Å². The van der Waals surface area contributed by atoms with Gasteiger partial charge in [0.2, 0.25) is 5.91 Å². The van der Waals surface area contributed by atoms with Crippen LogP contribution < -0.4 is 5.32 Å². The fourth-order valence-corrected chi connectivity index (χ4v) is 7.74. The number of rotatable bonds is 12. The number of carbonyl (C=O) groups is 4. The molecular weight excluding hydrogens is 739 g/mol. The van der Waals surface area contributed by atoms with Crippen molar-refractivity contribution in [1.29, 1.82) is 0 Å². The summed E-state index contributed by atoms with van der Waals surface area (Å²) in [5, 5.41) is 12.2. The summed E-state index contributed by atoms with van der Waals surface area (Å²) in [6, 6.07) is 31.2. The SMILES string of the molecule is CC(C)(C)OC(=O)[C@@H]1CCCN1C[C@H]1C[C@@H](c2ccc(CO)cc2)O[C@@H](c2cccc(-c3cccc(CN4C(=O)CC(NC(=O)OCc5ccccc5)C4=O)c3)c2)O1. The molecule has 0 aliphatic carbocycles. The second kappa shape index (κ2) is 18.0. The van der Waals surface area contributed by atoms with Crippen LogP contribution in [-0.4, -0.2) is 75.7 Å². The first kappa shape index (κ1) is 40.8. The van der Waals surface area contributed by atoms with Crippen molar-refractivity contribution in [3.8, 4) is 11.1 Å². The van der Waals surface area contributed by atoms with E-state index in [0.717, 1.165) is 58.3 Å². The summed E-state index contributed by atoms with van der Waals surface area (Å²) in [6.07, 6.45) is 0.0318. The molecule has 7 rings (SSSR count). The number of nitrogens with one attached hydrogen (secondary N) is 1. The van der Waals surface area contributed by atoms with Gasteiger partial charge < -0.3 is 29.4 Å². The summed E-state index contributed by atoms with van der Waals surface area (Å²) in [6.45, 7) is 7.00. The molecule has 4 aromatic rings. The van der Waals surface area contributed by atoms with E-state index in [1.54, 1.807) is 0 Å². The van der Waals surface area contributed by atoms with Crippen LogP contribution >= 0.6 is 0 Å². The average Bonchev–Trinajstić information content (AvgIpc) is 3.79. The van der Waals surface area contributed by atoms with Gasteiger partial charge in [0, 0.05) is 18.5 Å². The summed E-state index contributed by atoms with van der Waals surface area (Å²) in [5.74, 6) is -1.07. The molecule has 304 valence electrons. The number of esters is 1. The lowest BCUT2D eigenvalue weighted by Gasteiger charge is -2.38. The third-order valence-electron chi connectivity index (χ3n) is 10.6. The standard InChI is InChI=1S/C46H51N3O9/c1-46(2,3)58-43(53)39-16-9-21-48(39)27-37-24-40(33-19-17-30(28-50)18-20-33)57-44(56-37)36-15-8-14-35(23-36)34-13-7-12-32(22-34)26-49-41(51)25-38(42(49)52)47-45(54)55-29-31-10-5-4-6-11-31/h4-8,10-15,17-20,22-23,37-40,44,50H,9,16,21,24-29H2,1-3H3,(H,47,54)/t37-,38?,39+,40+,44+/m1/s1. The number of alkyl carbamates (subject to hydrolysis) is 1. The average molecular weight is 790 g/mol. The molecular formula is C46H51N3O9. The fraction of sp³-hybridized carbons (Fsp3) is 0.391. The minimum absolute atomic E-state index is 0.0491. The van der Waals surface area contributed by atoms with Gasteiger partial charge in [-0.3, -0.25) is 24.2 Å². The third kappa shape index (κ3) is 10.2. The number of aliphatic hydroxyl groups excluding tert-OH is 1. The first-order valence-electron chi connectivity index (χ1n) is 19.9. The highest BCUT2D eigenvalue weighted by molar-refractivity contribution is 6.06. The molecule has 5 atom stereocenters. The Morgan fingerprint density at radius 1 is 0.845 bits per heavy atom. The van der Waals surface area contributed by atoms with E-state index in [4.69, 9.17) is 18.9 Å². The van der Waals surface area contributed by atoms with E-state index in [9.17, 15) is 24.3 Å². The van der Waals surface area contributed by atoms with E-state index in [0.29, 0.717) is 13.0 Å². The highest BCUT2D eigenvalue weighted by Gasteiger charge is 2.41. The number of amides is 3. The van der Waals surface area contributed by atoms with Crippen molar-refractivity contribution < 1.29 is 43.2 Å². The van der Waals surface area contributed by atoms with Gasteiger partial charge in [-0.25, -0.2) is 4.79 Å². The maximum absolute atomic E-state index is 13.3. The monoisotopic (exact) mass is 789 g/mol. The molecule has 0 spiro atoms. The van der Waals surface area contributed by atoms with Crippen molar-refractivity contribution in [3.05, 3.63) is 131 Å². The van der Waals surface area contributed by atoms with E-state index < -0.39 is 29.9 Å². The number of likely N-dealkylation sites (tertiary alicyclic amines) is 2. The Balaban J connectivity index is 1.04. The van der Waals surface area contributed by atoms with Crippen molar-refractivity contribution in [2.75, 3.05) is 13.1 Å². The van der Waals surface area contributed by atoms with Gasteiger partial charge in [0.05, 0.1) is 31.8 Å². The Morgan fingerprint density at radius 2 is 1.57 bits per heavy atom. The molecule has 2 N–H and O–H groups in total. The Morgan fingerprint density at radius 3 is 2.31 bits per heavy atom. The van der Waals surface area contributed by atoms with Crippen LogP contribution in [0.25, 0.3) is 11.1 Å². The minimum Gasteiger partial charge on any atom is -0.459 e. The molecule has 0 bridgehead atoms. The van der Waals surface area contributed by atoms with Crippen LogP contribution in [0.15, 0.2) is 103 Å². The lowest BCUT2D eigenvalue weighted by Crippen LogP contribution is -2.45. The summed E-state index contributed by atoms with van der Waals surface area (Å²) >= 11 is 0. The van der Waals surface area contributed by atoms with Gasteiger partial charge in [0.25, 0.3) is 5.91 Å². The van der Waals surface area contributed by atoms with Crippen molar-refractivity contribution >= 4 is 23.9 Å². The predicted octanol–water partition coefficient (Wildman–Crippen LogP) is 6.75. The number of carbonyl (C=O) groups excluding carboxylic acids is 4. The van der Waals surface area contributed by atoms with Gasteiger partial charge in [0.1, 0.15) is 24.3 Å². The van der Waals surface area contributed by atoms with Crippen molar-refractivity contribution in [2.24, 2.45) is 0 Å². The van der Waals surface area contributed by atoms with Crippen LogP contribution in [0.1, 0.15) is 86.7 Å². The zero-order valence-corrected chi connectivity index (χ0v) is 33.2. The van der Waals surface area contributed by atoms with Crippen LogP contribution in [0.2, 0.25) is 0 Å². The predicted molar refractivity (Wildman–Crippen MR) is 214 cm³/mol. The molecule has 0 aromatic heterocycles. The zero-order chi connectivity index (χ0) is 40.8. The van der Waals surface area contributed by atoms with Crippen LogP contribution in [0.4, 0.5) is 4.79 Å². The molecule has 58 heavy (non-hydrogen) atoms. The van der Waals surface area contributed by atoms with Gasteiger partial charge >= 0.3 is 12.1 Å². The third-order valence-corrected chi connectivity index (χ3v) is 10.6. The maximum atomic E-state index is 13.3. The molecule has 3 amide bonds. The van der Waals surface area contributed by atoms with Crippen molar-refractivity contribution in [2.45, 2.75) is 102 Å². The second-order valence-corrected chi connectivity index (χ2v) is 16.1. The van der Waals surface area contributed by atoms with E-state index >= 15 is 0 Å². The number of hydrogen-bond donors (Lipinski definition) is 2. The normalized spacial score (nSPS) is 22.6. The molecule has 12 nitrogen and oxygen atoms in total. The number of benzene rings is 4. The highest BCUT2D eigenvalue weighted by Crippen LogP contribution is 2.40. The topological polar surface area (TPSA) is 144 Å². The minimum atomic E-state index is -1.000. The van der Waals surface area contributed by atoms with Crippen LogP contribution in [-0.2, 0) is 53.1 Å². The first-order chi connectivity index (χ1) is 27.9. The first-order valence-corrected chi connectivity index (χ1v) is 19.9. The summed E-state index contributed by atoms with van der Waals surface area (Å²) in [7, 11) is 0. The summed E-state index contributed by atoms with van der Waals surface area (Å²) in [4.78, 5) is 55.2. The van der Waals surface area contributed by atoms with Crippen LogP contribution in [0.3, 0.4) is 0 Å². The van der Waals surface area contributed by atoms with Gasteiger partial charge in [-0.05, 0) is 85.7 Å². The number of aliphatic hydroxyl groups is 1. The van der Waals surface area contributed by atoms with E-state index in [-0.39, 0.29) is 56.3 Å². The molecule has 3 aliphatic rings. The Kier molecular flexibility index (Phi) is 12.7. The van der Waals surface area contributed by atoms with E-state index in [2.05, 4.69) is 10.2 Å². The molecule has 1 unspecified atom stereocenters. The van der Waals surface area contributed by atoms with Crippen molar-refractivity contribution in [3.63, 3.8) is 0 Å². The molecule has 3 fully saturated rings. The van der Waals surface area contributed by atoms with Crippen LogP contribution in [0.5, 0.6) is 0 Å². The highest BCUT2D eigenvalue weighted by atomic mass is 16.7. The number of imide groups is 1.